The molecule has 0 aromatic heterocycles. The summed E-state index contributed by atoms with van der Waals surface area (Å²) in [6.07, 6.45) is 61.1. The van der Waals surface area contributed by atoms with Crippen LogP contribution in [0.4, 0.5) is 0 Å². The van der Waals surface area contributed by atoms with Crippen LogP contribution in [0.2, 0.25) is 0 Å². The van der Waals surface area contributed by atoms with E-state index >= 15 is 0 Å². The monoisotopic (exact) mass is 1280 g/mol. The van der Waals surface area contributed by atoms with Gasteiger partial charge in [-0.2, -0.15) is 0 Å². The summed E-state index contributed by atoms with van der Waals surface area (Å²) in [6, 6.07) is -0.913. The molecule has 1 amide bonds. The van der Waals surface area contributed by atoms with Crippen LogP contribution in [0, 0.1) is 0 Å². The predicted molar refractivity (Wildman–Crippen MR) is 369 cm³/mol. The molecule has 2 aliphatic heterocycles. The van der Waals surface area contributed by atoms with Gasteiger partial charge in [0, 0.05) is 6.42 Å². The molecule has 0 radical (unpaired) electrons. The second-order valence-corrected chi connectivity index (χ2v) is 27.5. The van der Waals surface area contributed by atoms with Gasteiger partial charge in [-0.15, -0.1) is 0 Å². The lowest BCUT2D eigenvalue weighted by atomic mass is 9.97. The molecule has 0 bridgehead atoms. The Balaban J connectivity index is 1.60. The molecule has 0 aromatic rings. The van der Waals surface area contributed by atoms with Gasteiger partial charge in [0.2, 0.25) is 5.91 Å². The van der Waals surface area contributed by atoms with Gasteiger partial charge < -0.3 is 65.1 Å². The highest BCUT2D eigenvalue weighted by atomic mass is 16.7. The van der Waals surface area contributed by atoms with Gasteiger partial charge in [-0.1, -0.05) is 334 Å². The first-order valence-corrected chi connectivity index (χ1v) is 38.6. The molecule has 0 spiro atoms. The molecule has 12 atom stereocenters. The molecule has 14 nitrogen and oxygen atoms in total. The molecule has 2 saturated heterocycles. The smallest absolute Gasteiger partial charge is 0.220 e. The summed E-state index contributed by atoms with van der Waals surface area (Å²) in [7, 11) is 0. The molecular weight excluding hydrogens is 1130 g/mol. The van der Waals surface area contributed by atoms with Crippen molar-refractivity contribution in [2.45, 2.75) is 434 Å². The quantitative estimate of drug-likeness (QED) is 0.0204. The van der Waals surface area contributed by atoms with Crippen molar-refractivity contribution in [3.8, 4) is 0 Å². The highest BCUT2D eigenvalue weighted by Crippen LogP contribution is 2.30. The fourth-order valence-corrected chi connectivity index (χ4v) is 13.0. The first-order valence-electron chi connectivity index (χ1n) is 38.6. The SMILES string of the molecule is CCCCCCCCCC/C=C\CCCCCCCCCCCCCCCCCCCCCCCCCC(=O)NC(COC1OC(CO)C(OC2OC(CO)C(O)C(O)C2O)C(O)C1O)C(O)/C=C/CCCCCCCCCCCCCCCCCCCCC. The number of aliphatic hydroxyl groups is 8. The number of ether oxygens (including phenoxy) is 4. The molecule has 2 rings (SSSR count). The van der Waals surface area contributed by atoms with E-state index in [4.69, 9.17) is 18.9 Å². The number of nitrogens with one attached hydrogen (secondary N) is 1. The number of rotatable bonds is 65. The Morgan fingerprint density at radius 1 is 0.389 bits per heavy atom. The molecule has 9 N–H and O–H groups in total. The summed E-state index contributed by atoms with van der Waals surface area (Å²) >= 11 is 0. The maximum absolute atomic E-state index is 13.4. The normalized spacial score (nSPS) is 23.0. The van der Waals surface area contributed by atoms with Gasteiger partial charge in [0.25, 0.3) is 0 Å². The standard InChI is InChI=1S/C76H145NO13/c1-3-5-7-9-11-13-15-17-19-21-23-25-26-27-28-29-30-31-32-33-34-35-36-37-38-40-42-44-46-48-50-52-54-56-58-60-68(81)77-64(65(80)59-57-55-53-51-49-47-45-43-41-39-24-22-20-18-16-14-12-10-8-6-4-2)63-87-75-73(86)71(84)74(67(62-79)89-75)90-76-72(85)70(83)69(82)66(61-78)88-76/h21,23,57,59,64-67,69-76,78-80,82-86H,3-20,22,24-56,58,60-63H2,1-2H3,(H,77,81)/b23-21-,59-57+. The van der Waals surface area contributed by atoms with Gasteiger partial charge in [0.15, 0.2) is 12.6 Å². The highest BCUT2D eigenvalue weighted by Gasteiger charge is 2.51. The average molecular weight is 1280 g/mol. The number of allylic oxidation sites excluding steroid dienone is 3. The van der Waals surface area contributed by atoms with Crippen LogP contribution >= 0.6 is 0 Å². The number of carbonyl (C=O) groups excluding carboxylic acids is 1. The molecule has 12 unspecified atom stereocenters. The Labute approximate surface area is 551 Å². The molecule has 2 aliphatic rings. The fourth-order valence-electron chi connectivity index (χ4n) is 13.0. The van der Waals surface area contributed by atoms with Gasteiger partial charge in [-0.25, -0.2) is 0 Å². The minimum absolute atomic E-state index is 0.231. The van der Waals surface area contributed by atoms with Crippen molar-refractivity contribution in [1.29, 1.82) is 0 Å². The van der Waals surface area contributed by atoms with Crippen LogP contribution < -0.4 is 5.32 Å². The van der Waals surface area contributed by atoms with Crippen LogP contribution in [0.15, 0.2) is 24.3 Å². The van der Waals surface area contributed by atoms with Crippen molar-refractivity contribution < 1.29 is 64.6 Å². The Morgan fingerprint density at radius 3 is 1.06 bits per heavy atom. The third-order valence-electron chi connectivity index (χ3n) is 19.1. The van der Waals surface area contributed by atoms with Gasteiger partial charge in [-0.3, -0.25) is 4.79 Å². The summed E-state index contributed by atoms with van der Waals surface area (Å²) in [5.41, 5.74) is 0. The van der Waals surface area contributed by atoms with E-state index in [9.17, 15) is 45.6 Å². The average Bonchev–Trinajstić information content (AvgIpc) is 1.28. The van der Waals surface area contributed by atoms with Crippen molar-refractivity contribution in [3.63, 3.8) is 0 Å². The number of hydrogen-bond donors (Lipinski definition) is 9. The van der Waals surface area contributed by atoms with Gasteiger partial charge >= 0.3 is 0 Å². The molecular formula is C76H145NO13. The topological polar surface area (TPSA) is 228 Å². The first-order chi connectivity index (χ1) is 44.1. The highest BCUT2D eigenvalue weighted by molar-refractivity contribution is 5.76. The Hall–Kier alpha value is -1.53. The third-order valence-corrected chi connectivity index (χ3v) is 19.1. The minimum atomic E-state index is -1.79. The maximum atomic E-state index is 13.4. The van der Waals surface area contributed by atoms with Gasteiger partial charge in [-0.05, 0) is 44.9 Å². The zero-order valence-corrected chi connectivity index (χ0v) is 58.2. The van der Waals surface area contributed by atoms with E-state index < -0.39 is 86.8 Å². The van der Waals surface area contributed by atoms with Crippen LogP contribution in [0.1, 0.15) is 361 Å². The summed E-state index contributed by atoms with van der Waals surface area (Å²) in [5, 5.41) is 87.6. The molecule has 90 heavy (non-hydrogen) atoms. The van der Waals surface area contributed by atoms with E-state index in [0.717, 1.165) is 38.5 Å². The zero-order chi connectivity index (χ0) is 65.2. The van der Waals surface area contributed by atoms with Gasteiger partial charge in [0.05, 0.1) is 32.0 Å². The summed E-state index contributed by atoms with van der Waals surface area (Å²) in [5.74, 6) is -0.231. The van der Waals surface area contributed by atoms with E-state index in [2.05, 4.69) is 31.3 Å². The van der Waals surface area contributed by atoms with Crippen LogP contribution in [-0.4, -0.2) is 140 Å². The number of aliphatic hydroxyl groups excluding tert-OH is 8. The van der Waals surface area contributed by atoms with Crippen LogP contribution in [0.25, 0.3) is 0 Å². The van der Waals surface area contributed by atoms with E-state index in [1.807, 2.05) is 6.08 Å². The van der Waals surface area contributed by atoms with Crippen LogP contribution in [0.5, 0.6) is 0 Å². The largest absolute Gasteiger partial charge is 0.394 e. The minimum Gasteiger partial charge on any atom is -0.394 e. The van der Waals surface area contributed by atoms with Crippen LogP contribution in [-0.2, 0) is 23.7 Å². The predicted octanol–water partition coefficient (Wildman–Crippen LogP) is 16.7. The molecule has 0 saturated carbocycles. The molecule has 2 fully saturated rings. The molecule has 0 aromatic carbocycles. The maximum Gasteiger partial charge on any atom is 0.220 e. The number of unbranched alkanes of at least 4 members (excludes halogenated alkanes) is 50. The van der Waals surface area contributed by atoms with Crippen molar-refractivity contribution in [2.24, 2.45) is 0 Å². The van der Waals surface area contributed by atoms with Crippen molar-refractivity contribution in [2.75, 3.05) is 19.8 Å². The Kier molecular flexibility index (Phi) is 57.4. The Morgan fingerprint density at radius 2 is 0.700 bits per heavy atom. The molecule has 2 heterocycles. The van der Waals surface area contributed by atoms with Crippen molar-refractivity contribution in [1.82, 2.24) is 5.32 Å². The lowest BCUT2D eigenvalue weighted by molar-refractivity contribution is -0.359. The first kappa shape index (κ1) is 84.6. The molecule has 14 heteroatoms. The fraction of sp³-hybridized carbons (Fsp3) is 0.934. The second-order valence-electron chi connectivity index (χ2n) is 27.5. The number of hydrogen-bond acceptors (Lipinski definition) is 13. The van der Waals surface area contributed by atoms with E-state index in [1.165, 1.54) is 295 Å². The molecule has 532 valence electrons. The van der Waals surface area contributed by atoms with Gasteiger partial charge in [0.1, 0.15) is 48.8 Å². The van der Waals surface area contributed by atoms with Crippen molar-refractivity contribution in [3.05, 3.63) is 24.3 Å². The summed E-state index contributed by atoms with van der Waals surface area (Å²) in [6.45, 7) is 2.86. The lowest BCUT2D eigenvalue weighted by Gasteiger charge is -2.46. The van der Waals surface area contributed by atoms with E-state index in [1.54, 1.807) is 6.08 Å². The Bertz CT molecular complexity index is 1600. The zero-order valence-electron chi connectivity index (χ0n) is 58.2. The summed E-state index contributed by atoms with van der Waals surface area (Å²) < 4.78 is 22.9. The molecule has 0 aliphatic carbocycles. The van der Waals surface area contributed by atoms with E-state index in [-0.39, 0.29) is 18.9 Å². The lowest BCUT2D eigenvalue weighted by Crippen LogP contribution is -2.65. The van der Waals surface area contributed by atoms with Crippen LogP contribution in [0.3, 0.4) is 0 Å². The van der Waals surface area contributed by atoms with Crippen molar-refractivity contribution >= 4 is 5.91 Å². The number of amides is 1. The third kappa shape index (κ3) is 44.3. The number of carbonyl (C=O) groups is 1. The summed E-state index contributed by atoms with van der Waals surface area (Å²) in [4.78, 5) is 13.4. The van der Waals surface area contributed by atoms with E-state index in [0.29, 0.717) is 6.42 Å². The second kappa shape index (κ2) is 61.1.